The highest BCUT2D eigenvalue weighted by molar-refractivity contribution is 6.04. The Morgan fingerprint density at radius 1 is 1.17 bits per heavy atom. The average Bonchev–Trinajstić information content (AvgIpc) is 3.38. The maximum Gasteiger partial charge on any atom is 0.291 e. The molecular weight excluding hydrogens is 444 g/mol. The molecule has 4 aromatic rings. The lowest BCUT2D eigenvalue weighted by molar-refractivity contribution is 0.0946. The lowest BCUT2D eigenvalue weighted by Gasteiger charge is -2.11. The van der Waals surface area contributed by atoms with E-state index >= 15 is 0 Å². The van der Waals surface area contributed by atoms with Gasteiger partial charge in [-0.1, -0.05) is 12.1 Å². The molecule has 0 atom stereocenters. The van der Waals surface area contributed by atoms with E-state index in [1.54, 1.807) is 23.0 Å². The zero-order valence-corrected chi connectivity index (χ0v) is 19.8. The molecule has 0 saturated carbocycles. The van der Waals surface area contributed by atoms with Gasteiger partial charge in [-0.25, -0.2) is 9.97 Å². The number of rotatable bonds is 5. The van der Waals surface area contributed by atoms with Crippen LogP contribution in [0.25, 0.3) is 0 Å². The standard InChI is InChI=1S/C25H26N8O2/c1-14-8-22(26)29-16(3)19(14)10-27-24(34)21-13-32-12-18-5-4-17(11-33-15(2)6-7-28-33)9-20(18)31-25(35)23(32)30-21/h4-9,13H,10-12H2,1-3H3,(H2,26,29)(H,27,34)(H,31,35). The van der Waals surface area contributed by atoms with Crippen molar-refractivity contribution in [2.24, 2.45) is 0 Å². The summed E-state index contributed by atoms with van der Waals surface area (Å²) in [4.78, 5) is 34.3. The molecule has 2 amide bonds. The van der Waals surface area contributed by atoms with Gasteiger partial charge in [-0.15, -0.1) is 0 Å². The molecule has 4 heterocycles. The summed E-state index contributed by atoms with van der Waals surface area (Å²) in [6, 6.07) is 9.69. The highest BCUT2D eigenvalue weighted by Gasteiger charge is 2.24. The molecule has 0 saturated heterocycles. The summed E-state index contributed by atoms with van der Waals surface area (Å²) in [5.41, 5.74) is 12.3. The van der Waals surface area contributed by atoms with Gasteiger partial charge in [0.05, 0.1) is 13.1 Å². The molecule has 0 aliphatic carbocycles. The van der Waals surface area contributed by atoms with Gasteiger partial charge in [0, 0.05) is 36.0 Å². The number of imidazole rings is 1. The summed E-state index contributed by atoms with van der Waals surface area (Å²) in [5.74, 6) is -0.0797. The molecule has 10 heteroatoms. The maximum absolute atomic E-state index is 12.9. The van der Waals surface area contributed by atoms with Gasteiger partial charge in [0.1, 0.15) is 11.5 Å². The summed E-state index contributed by atoms with van der Waals surface area (Å²) in [5, 5.41) is 10.1. The summed E-state index contributed by atoms with van der Waals surface area (Å²) in [6.07, 6.45) is 3.38. The minimum atomic E-state index is -0.362. The van der Waals surface area contributed by atoms with Crippen molar-refractivity contribution in [3.05, 3.63) is 87.9 Å². The largest absolute Gasteiger partial charge is 0.384 e. The van der Waals surface area contributed by atoms with Gasteiger partial charge in [-0.05, 0) is 61.2 Å². The van der Waals surface area contributed by atoms with E-state index in [1.807, 2.05) is 49.7 Å². The lowest BCUT2D eigenvalue weighted by Crippen LogP contribution is -2.24. The van der Waals surface area contributed by atoms with Crippen LogP contribution in [0.15, 0.2) is 42.7 Å². The Morgan fingerprint density at radius 3 is 2.74 bits per heavy atom. The van der Waals surface area contributed by atoms with Crippen molar-refractivity contribution in [2.75, 3.05) is 11.1 Å². The number of carbonyl (C=O) groups is 2. The summed E-state index contributed by atoms with van der Waals surface area (Å²) in [6.45, 7) is 7.10. The zero-order valence-electron chi connectivity index (χ0n) is 19.8. The fourth-order valence-corrected chi connectivity index (χ4v) is 4.32. The number of pyridine rings is 1. The molecule has 10 nitrogen and oxygen atoms in total. The van der Waals surface area contributed by atoms with Crippen LogP contribution in [0.5, 0.6) is 0 Å². The van der Waals surface area contributed by atoms with Crippen LogP contribution in [-0.4, -0.2) is 36.1 Å². The van der Waals surface area contributed by atoms with E-state index in [0.717, 1.165) is 39.3 Å². The van der Waals surface area contributed by atoms with Crippen LogP contribution in [0.4, 0.5) is 11.5 Å². The number of aryl methyl sites for hydroxylation is 3. The second kappa shape index (κ2) is 8.71. The molecule has 0 bridgehead atoms. The number of benzene rings is 1. The van der Waals surface area contributed by atoms with Gasteiger partial charge in [0.15, 0.2) is 5.82 Å². The second-order valence-corrected chi connectivity index (χ2v) is 8.76. The van der Waals surface area contributed by atoms with E-state index in [-0.39, 0.29) is 23.3 Å². The van der Waals surface area contributed by atoms with Crippen molar-refractivity contribution < 1.29 is 9.59 Å². The smallest absolute Gasteiger partial charge is 0.291 e. The number of nitrogen functional groups attached to an aromatic ring is 1. The fraction of sp³-hybridized carbons (Fsp3) is 0.240. The van der Waals surface area contributed by atoms with Crippen LogP contribution < -0.4 is 16.4 Å². The molecule has 3 aromatic heterocycles. The third-order valence-corrected chi connectivity index (χ3v) is 6.24. The van der Waals surface area contributed by atoms with Gasteiger partial charge in [0.25, 0.3) is 11.8 Å². The van der Waals surface area contributed by atoms with Gasteiger partial charge in [-0.3, -0.25) is 14.3 Å². The Morgan fingerprint density at radius 2 is 2.00 bits per heavy atom. The molecule has 1 aliphatic rings. The molecule has 0 fully saturated rings. The van der Waals surface area contributed by atoms with Crippen molar-refractivity contribution in [3.63, 3.8) is 0 Å². The Bertz CT molecular complexity index is 1440. The molecule has 1 aliphatic heterocycles. The van der Waals surface area contributed by atoms with Crippen molar-refractivity contribution >= 4 is 23.3 Å². The first-order chi connectivity index (χ1) is 16.8. The SMILES string of the molecule is Cc1cc(N)nc(C)c1CNC(=O)c1cn2c(n1)C(=O)Nc1cc(Cn3nccc3C)ccc1C2. The number of nitrogens with zero attached hydrogens (tertiary/aromatic N) is 5. The van der Waals surface area contributed by atoms with E-state index < -0.39 is 0 Å². The van der Waals surface area contributed by atoms with Gasteiger partial charge >= 0.3 is 0 Å². The van der Waals surface area contributed by atoms with E-state index in [4.69, 9.17) is 5.73 Å². The van der Waals surface area contributed by atoms with E-state index in [1.165, 1.54) is 0 Å². The van der Waals surface area contributed by atoms with E-state index in [0.29, 0.717) is 25.5 Å². The number of nitrogens with one attached hydrogen (secondary N) is 2. The van der Waals surface area contributed by atoms with Crippen LogP contribution in [0.1, 0.15) is 54.7 Å². The predicted octanol–water partition coefficient (Wildman–Crippen LogP) is 2.57. The number of anilines is 2. The Labute approximate surface area is 202 Å². The van der Waals surface area contributed by atoms with Crippen LogP contribution >= 0.6 is 0 Å². The highest BCUT2D eigenvalue weighted by atomic mass is 16.2. The zero-order chi connectivity index (χ0) is 24.7. The summed E-state index contributed by atoms with van der Waals surface area (Å²) < 4.78 is 3.61. The topological polar surface area (TPSA) is 133 Å². The predicted molar refractivity (Wildman–Crippen MR) is 131 cm³/mol. The maximum atomic E-state index is 12.9. The Balaban J connectivity index is 1.33. The molecule has 35 heavy (non-hydrogen) atoms. The number of hydrogen-bond acceptors (Lipinski definition) is 6. The van der Waals surface area contributed by atoms with Crippen molar-refractivity contribution in [3.8, 4) is 0 Å². The van der Waals surface area contributed by atoms with Crippen LogP contribution in [0.2, 0.25) is 0 Å². The fourth-order valence-electron chi connectivity index (χ4n) is 4.32. The molecule has 1 aromatic carbocycles. The minimum absolute atomic E-state index is 0.183. The number of hydrogen-bond donors (Lipinski definition) is 3. The third-order valence-electron chi connectivity index (χ3n) is 6.24. The Hall–Kier alpha value is -4.47. The number of fused-ring (bicyclic) bond motifs is 2. The number of aromatic nitrogens is 5. The van der Waals surface area contributed by atoms with Crippen molar-refractivity contribution in [2.45, 2.75) is 40.4 Å². The molecular formula is C25H26N8O2. The Kier molecular flexibility index (Phi) is 5.56. The number of nitrogens with two attached hydrogens (primary N) is 1. The van der Waals surface area contributed by atoms with Crippen molar-refractivity contribution in [1.82, 2.24) is 29.6 Å². The lowest BCUT2D eigenvalue weighted by atomic mass is 10.1. The van der Waals surface area contributed by atoms with Gasteiger partial charge in [0.2, 0.25) is 0 Å². The molecule has 178 valence electrons. The van der Waals surface area contributed by atoms with E-state index in [9.17, 15) is 9.59 Å². The monoisotopic (exact) mass is 470 g/mol. The quantitative estimate of drug-likeness (QED) is 0.411. The first kappa shape index (κ1) is 22.3. The van der Waals surface area contributed by atoms with Crippen molar-refractivity contribution in [1.29, 1.82) is 0 Å². The average molecular weight is 471 g/mol. The molecule has 0 unspecified atom stereocenters. The van der Waals surface area contributed by atoms with Gasteiger partial charge < -0.3 is 20.9 Å². The molecule has 5 rings (SSSR count). The number of carbonyl (C=O) groups excluding carboxylic acids is 2. The van der Waals surface area contributed by atoms with Gasteiger partial charge in [-0.2, -0.15) is 5.10 Å². The van der Waals surface area contributed by atoms with Crippen LogP contribution in [0.3, 0.4) is 0 Å². The normalized spacial score (nSPS) is 12.5. The first-order valence-electron chi connectivity index (χ1n) is 11.3. The highest BCUT2D eigenvalue weighted by Crippen LogP contribution is 2.25. The van der Waals surface area contributed by atoms with Crippen LogP contribution in [0, 0.1) is 20.8 Å². The first-order valence-corrected chi connectivity index (χ1v) is 11.3. The third kappa shape index (κ3) is 4.37. The molecule has 0 radical (unpaired) electrons. The molecule has 4 N–H and O–H groups in total. The minimum Gasteiger partial charge on any atom is -0.384 e. The molecule has 0 spiro atoms. The second-order valence-electron chi connectivity index (χ2n) is 8.76. The van der Waals surface area contributed by atoms with Crippen LogP contribution in [-0.2, 0) is 19.6 Å². The van der Waals surface area contributed by atoms with E-state index in [2.05, 4.69) is 25.7 Å². The number of amides is 2. The summed E-state index contributed by atoms with van der Waals surface area (Å²) in [7, 11) is 0. The summed E-state index contributed by atoms with van der Waals surface area (Å²) >= 11 is 0.